The van der Waals surface area contributed by atoms with Gasteiger partial charge in [-0.25, -0.2) is 8.78 Å². The molecule has 228 valence electrons. The van der Waals surface area contributed by atoms with Gasteiger partial charge < -0.3 is 20.1 Å². The van der Waals surface area contributed by atoms with Crippen LogP contribution in [0.1, 0.15) is 44.9 Å². The summed E-state index contributed by atoms with van der Waals surface area (Å²) in [4.78, 5) is 18.7. The van der Waals surface area contributed by atoms with Crippen LogP contribution in [-0.2, 0) is 0 Å². The number of nitrogens with one attached hydrogen (secondary N) is 1. The highest BCUT2D eigenvalue weighted by atomic mass is 19.1. The first kappa shape index (κ1) is 26.7. The molecule has 0 spiro atoms. The third-order valence-corrected chi connectivity index (χ3v) is 11.0. The van der Waals surface area contributed by atoms with Crippen LogP contribution in [0.5, 0.6) is 11.8 Å². The lowest BCUT2D eigenvalue weighted by Crippen LogP contribution is -2.51. The predicted octanol–water partition coefficient (Wildman–Crippen LogP) is 5.36. The molecule has 2 bridgehead atoms. The SMILES string of the molecule is Oc1cc(-c2ncc3c(N4CC5CCC(C4)N5)nc(OC[C@]45C[C@@H](F)CN4[C@H]4CCC[C@H]4C5)nc3c2F)c2ccccc2c1. The van der Waals surface area contributed by atoms with Crippen LogP contribution in [-0.4, -0.2) is 81.0 Å². The molecule has 44 heavy (non-hydrogen) atoms. The summed E-state index contributed by atoms with van der Waals surface area (Å²) in [6, 6.07) is 12.0. The van der Waals surface area contributed by atoms with Crippen LogP contribution < -0.4 is 15.0 Å². The summed E-state index contributed by atoms with van der Waals surface area (Å²) in [7, 11) is 0. The zero-order valence-corrected chi connectivity index (χ0v) is 24.6. The Morgan fingerprint density at radius 3 is 2.70 bits per heavy atom. The number of hydrogen-bond acceptors (Lipinski definition) is 8. The summed E-state index contributed by atoms with van der Waals surface area (Å²) in [5.41, 5.74) is 0.380. The number of ether oxygens (including phenoxy) is 1. The van der Waals surface area contributed by atoms with Crippen molar-refractivity contribution in [3.8, 4) is 23.0 Å². The van der Waals surface area contributed by atoms with E-state index in [9.17, 15) is 9.50 Å². The molecular formula is C34H36F2N6O2. The van der Waals surface area contributed by atoms with Gasteiger partial charge >= 0.3 is 6.01 Å². The fourth-order valence-corrected chi connectivity index (χ4v) is 9.22. The number of benzene rings is 2. The Hall–Kier alpha value is -3.63. The number of nitrogens with zero attached hydrogens (tertiary/aromatic N) is 5. The summed E-state index contributed by atoms with van der Waals surface area (Å²) in [5, 5.41) is 16.2. The maximum absolute atomic E-state index is 16.7. The average Bonchev–Trinajstić information content (AvgIpc) is 3.76. The van der Waals surface area contributed by atoms with E-state index in [1.165, 1.54) is 12.8 Å². The Balaban J connectivity index is 1.14. The fourth-order valence-electron chi connectivity index (χ4n) is 9.22. The van der Waals surface area contributed by atoms with Gasteiger partial charge in [0.05, 0.1) is 10.9 Å². The molecule has 6 atom stereocenters. The molecule has 1 saturated carbocycles. The Morgan fingerprint density at radius 2 is 1.84 bits per heavy atom. The van der Waals surface area contributed by atoms with E-state index >= 15 is 4.39 Å². The van der Waals surface area contributed by atoms with Crippen LogP contribution in [0.2, 0.25) is 0 Å². The molecule has 9 rings (SSSR count). The minimum Gasteiger partial charge on any atom is -0.508 e. The standard InChI is InChI=1S/C34H36F2N6O2/c35-21-13-34(12-20-5-3-7-28(20)42(34)15-21)18-44-33-39-31-27(32(40-33)41-16-22-8-9-23(17-41)38-22)14-37-30(29(31)36)26-11-24(43)10-19-4-1-2-6-25(19)26/h1-2,4,6,10-11,14,20-23,28,38,43H,3,5,7-9,12-13,15-18H2/t20-,21+,22?,23?,28-,34-/m0/s1. The van der Waals surface area contributed by atoms with Gasteiger partial charge in [0, 0.05) is 55.9 Å². The topological polar surface area (TPSA) is 86.6 Å². The van der Waals surface area contributed by atoms with Crippen molar-refractivity contribution < 1.29 is 18.6 Å². The van der Waals surface area contributed by atoms with Gasteiger partial charge in [0.15, 0.2) is 5.82 Å². The van der Waals surface area contributed by atoms with E-state index in [2.05, 4.69) is 25.1 Å². The highest BCUT2D eigenvalue weighted by Crippen LogP contribution is 2.52. The number of hydrogen-bond donors (Lipinski definition) is 2. The van der Waals surface area contributed by atoms with E-state index in [0.717, 1.165) is 49.5 Å². The summed E-state index contributed by atoms with van der Waals surface area (Å²) in [5.74, 6) is 0.662. The molecule has 2 unspecified atom stereocenters. The molecule has 2 aromatic heterocycles. The molecule has 5 fully saturated rings. The van der Waals surface area contributed by atoms with Gasteiger partial charge in [-0.1, -0.05) is 30.7 Å². The number of phenols is 1. The summed E-state index contributed by atoms with van der Waals surface area (Å²) >= 11 is 0. The quantitative estimate of drug-likeness (QED) is 0.318. The van der Waals surface area contributed by atoms with Crippen molar-refractivity contribution in [3.05, 3.63) is 48.4 Å². The summed E-state index contributed by atoms with van der Waals surface area (Å²) in [6.45, 7) is 2.26. The Bertz CT molecular complexity index is 1780. The second-order valence-corrected chi connectivity index (χ2v) is 13.7. The highest BCUT2D eigenvalue weighted by Gasteiger charge is 2.58. The molecule has 4 aromatic rings. The Labute approximate surface area is 254 Å². The van der Waals surface area contributed by atoms with Crippen LogP contribution in [0.25, 0.3) is 32.9 Å². The third-order valence-electron chi connectivity index (χ3n) is 11.0. The van der Waals surface area contributed by atoms with Crippen LogP contribution in [0.4, 0.5) is 14.6 Å². The molecule has 4 aliphatic heterocycles. The molecule has 0 radical (unpaired) electrons. The second-order valence-electron chi connectivity index (χ2n) is 13.7. The van der Waals surface area contributed by atoms with E-state index in [1.54, 1.807) is 18.3 Å². The fraction of sp³-hybridized carbons (Fsp3) is 0.500. The maximum Gasteiger partial charge on any atom is 0.319 e. The summed E-state index contributed by atoms with van der Waals surface area (Å²) < 4.78 is 37.9. The van der Waals surface area contributed by atoms with Crippen molar-refractivity contribution in [3.63, 3.8) is 0 Å². The molecular weight excluding hydrogens is 562 g/mol. The smallest absolute Gasteiger partial charge is 0.319 e. The number of phenolic OH excluding ortho intramolecular Hbond substituents is 1. The second kappa shape index (κ2) is 9.94. The van der Waals surface area contributed by atoms with E-state index in [0.29, 0.717) is 53.8 Å². The number of alkyl halides is 1. The van der Waals surface area contributed by atoms with E-state index < -0.39 is 12.0 Å². The van der Waals surface area contributed by atoms with Crippen molar-refractivity contribution in [1.29, 1.82) is 0 Å². The number of aromatic nitrogens is 3. The lowest BCUT2D eigenvalue weighted by molar-refractivity contribution is 0.0832. The summed E-state index contributed by atoms with van der Waals surface area (Å²) in [6.07, 6.45) is 7.86. The average molecular weight is 599 g/mol. The molecule has 6 heterocycles. The zero-order chi connectivity index (χ0) is 29.6. The van der Waals surface area contributed by atoms with Gasteiger partial charge in [-0.05, 0) is 60.9 Å². The Kier molecular flexibility index (Phi) is 6.04. The minimum absolute atomic E-state index is 0.0385. The number of rotatable bonds is 5. The number of halogens is 2. The first-order chi connectivity index (χ1) is 21.4. The number of pyridine rings is 1. The van der Waals surface area contributed by atoms with Gasteiger partial charge in [0.2, 0.25) is 0 Å². The van der Waals surface area contributed by atoms with Gasteiger partial charge in [0.25, 0.3) is 0 Å². The van der Waals surface area contributed by atoms with Gasteiger partial charge in [-0.2, -0.15) is 9.97 Å². The lowest BCUT2D eigenvalue weighted by atomic mass is 9.89. The Morgan fingerprint density at radius 1 is 1.00 bits per heavy atom. The van der Waals surface area contributed by atoms with Crippen molar-refractivity contribution in [2.24, 2.45) is 5.92 Å². The first-order valence-corrected chi connectivity index (χ1v) is 16.1. The third kappa shape index (κ3) is 4.17. The number of anilines is 1. The van der Waals surface area contributed by atoms with Gasteiger partial charge in [0.1, 0.15) is 35.6 Å². The molecule has 2 aromatic carbocycles. The van der Waals surface area contributed by atoms with E-state index in [1.807, 2.05) is 24.3 Å². The molecule has 1 aliphatic carbocycles. The minimum atomic E-state index is -0.868. The highest BCUT2D eigenvalue weighted by molar-refractivity contribution is 5.99. The van der Waals surface area contributed by atoms with Crippen molar-refractivity contribution >= 4 is 27.5 Å². The molecule has 4 saturated heterocycles. The molecule has 2 N–H and O–H groups in total. The predicted molar refractivity (Wildman–Crippen MR) is 164 cm³/mol. The molecule has 0 amide bonds. The van der Waals surface area contributed by atoms with Crippen LogP contribution in [0, 0.1) is 11.7 Å². The van der Waals surface area contributed by atoms with Gasteiger partial charge in [-0.3, -0.25) is 9.88 Å². The molecule has 5 aliphatic rings. The lowest BCUT2D eigenvalue weighted by Gasteiger charge is -2.35. The molecule has 8 nitrogen and oxygen atoms in total. The van der Waals surface area contributed by atoms with Crippen molar-refractivity contribution in [1.82, 2.24) is 25.2 Å². The van der Waals surface area contributed by atoms with Crippen LogP contribution in [0.15, 0.2) is 42.6 Å². The monoisotopic (exact) mass is 598 g/mol. The largest absolute Gasteiger partial charge is 0.508 e. The van der Waals surface area contributed by atoms with E-state index in [-0.39, 0.29) is 35.1 Å². The number of aromatic hydroxyl groups is 1. The van der Waals surface area contributed by atoms with Gasteiger partial charge in [-0.15, -0.1) is 0 Å². The van der Waals surface area contributed by atoms with Crippen molar-refractivity contribution in [2.75, 3.05) is 31.1 Å². The first-order valence-electron chi connectivity index (χ1n) is 16.1. The van der Waals surface area contributed by atoms with E-state index in [4.69, 9.17) is 9.72 Å². The maximum atomic E-state index is 16.7. The molecule has 10 heteroatoms. The van der Waals surface area contributed by atoms with Crippen LogP contribution >= 0.6 is 0 Å². The number of fused-ring (bicyclic) bond motifs is 7. The van der Waals surface area contributed by atoms with Crippen molar-refractivity contribution in [2.45, 2.75) is 74.8 Å². The normalized spacial score (nSPS) is 31.2. The zero-order valence-electron chi connectivity index (χ0n) is 24.6. The number of piperazine rings is 1. The van der Waals surface area contributed by atoms with Crippen LogP contribution in [0.3, 0.4) is 0 Å².